The normalized spacial score (nSPS) is 25.0. The second-order valence-corrected chi connectivity index (χ2v) is 6.83. The Hall–Kier alpha value is -0.750. The minimum atomic E-state index is -0.0365. The van der Waals surface area contributed by atoms with E-state index in [2.05, 4.69) is 6.08 Å². The van der Waals surface area contributed by atoms with Crippen LogP contribution in [0.25, 0.3) is 0 Å². The molecule has 0 aromatic heterocycles. The standard InChI is InChI=1S/C20H34O5/c21-17-18(10-8-16-25-20-12-4-7-15-24-20)9-2-1-5-13-22-19-11-3-6-14-23-19/h9,17,19-20H,1-8,10-16H2/b18-9-. The van der Waals surface area contributed by atoms with Gasteiger partial charge >= 0.3 is 0 Å². The van der Waals surface area contributed by atoms with Crippen LogP contribution in [0.15, 0.2) is 11.6 Å². The zero-order valence-corrected chi connectivity index (χ0v) is 15.5. The number of allylic oxidation sites excluding steroid dienone is 2. The van der Waals surface area contributed by atoms with Crippen molar-refractivity contribution in [1.29, 1.82) is 0 Å². The molecule has 25 heavy (non-hydrogen) atoms. The van der Waals surface area contributed by atoms with Crippen LogP contribution in [0.5, 0.6) is 0 Å². The van der Waals surface area contributed by atoms with Gasteiger partial charge in [0.05, 0.1) is 6.61 Å². The third-order valence-corrected chi connectivity index (χ3v) is 4.65. The number of carbonyl (C=O) groups excluding carboxylic acids is 1. The summed E-state index contributed by atoms with van der Waals surface area (Å²) in [4.78, 5) is 11.2. The summed E-state index contributed by atoms with van der Waals surface area (Å²) in [5.41, 5.74) is 0.879. The number of carbonyl (C=O) groups is 1. The maximum atomic E-state index is 11.2. The number of ether oxygens (including phenoxy) is 4. The lowest BCUT2D eigenvalue weighted by molar-refractivity contribution is -0.162. The minimum Gasteiger partial charge on any atom is -0.353 e. The molecule has 2 fully saturated rings. The monoisotopic (exact) mass is 354 g/mol. The van der Waals surface area contributed by atoms with Gasteiger partial charge in [0, 0.05) is 19.8 Å². The molecule has 5 heteroatoms. The van der Waals surface area contributed by atoms with E-state index in [4.69, 9.17) is 18.9 Å². The van der Waals surface area contributed by atoms with E-state index in [-0.39, 0.29) is 12.6 Å². The summed E-state index contributed by atoms with van der Waals surface area (Å²) >= 11 is 0. The Morgan fingerprint density at radius 3 is 2.08 bits per heavy atom. The van der Waals surface area contributed by atoms with E-state index in [1.807, 2.05) is 0 Å². The topological polar surface area (TPSA) is 54.0 Å². The van der Waals surface area contributed by atoms with Gasteiger partial charge in [-0.1, -0.05) is 6.08 Å². The summed E-state index contributed by atoms with van der Waals surface area (Å²) in [6.45, 7) is 3.03. The molecule has 2 aliphatic rings. The first-order chi connectivity index (χ1) is 12.4. The summed E-state index contributed by atoms with van der Waals surface area (Å²) in [5, 5.41) is 0. The van der Waals surface area contributed by atoms with Gasteiger partial charge in [0.1, 0.15) is 6.29 Å². The molecule has 0 aromatic rings. The van der Waals surface area contributed by atoms with Crippen LogP contribution in [0.3, 0.4) is 0 Å². The van der Waals surface area contributed by atoms with Crippen LogP contribution in [0.4, 0.5) is 0 Å². The molecule has 0 amide bonds. The van der Waals surface area contributed by atoms with Crippen molar-refractivity contribution >= 4 is 6.29 Å². The second kappa shape index (κ2) is 13.5. The fourth-order valence-corrected chi connectivity index (χ4v) is 3.13. The summed E-state index contributed by atoms with van der Waals surface area (Å²) in [6, 6.07) is 0. The summed E-state index contributed by atoms with van der Waals surface area (Å²) in [7, 11) is 0. The van der Waals surface area contributed by atoms with Gasteiger partial charge < -0.3 is 18.9 Å². The van der Waals surface area contributed by atoms with E-state index in [0.717, 1.165) is 89.5 Å². The second-order valence-electron chi connectivity index (χ2n) is 6.83. The molecule has 0 N–H and O–H groups in total. The molecule has 0 aliphatic carbocycles. The average molecular weight is 354 g/mol. The van der Waals surface area contributed by atoms with Crippen LogP contribution in [0.1, 0.15) is 70.6 Å². The Morgan fingerprint density at radius 1 is 0.880 bits per heavy atom. The van der Waals surface area contributed by atoms with Crippen molar-refractivity contribution in [2.45, 2.75) is 83.2 Å². The Bertz CT molecular complexity index is 370. The van der Waals surface area contributed by atoms with Crippen molar-refractivity contribution in [3.8, 4) is 0 Å². The third-order valence-electron chi connectivity index (χ3n) is 4.65. The van der Waals surface area contributed by atoms with E-state index in [1.54, 1.807) is 0 Å². The van der Waals surface area contributed by atoms with Gasteiger partial charge in [-0.05, 0) is 76.2 Å². The number of hydrogen-bond acceptors (Lipinski definition) is 5. The highest BCUT2D eigenvalue weighted by Gasteiger charge is 2.14. The fourth-order valence-electron chi connectivity index (χ4n) is 3.13. The van der Waals surface area contributed by atoms with Crippen LogP contribution >= 0.6 is 0 Å². The lowest BCUT2D eigenvalue weighted by Crippen LogP contribution is -2.22. The number of rotatable bonds is 12. The van der Waals surface area contributed by atoms with Gasteiger partial charge in [-0.25, -0.2) is 0 Å². The van der Waals surface area contributed by atoms with Crippen LogP contribution in [0.2, 0.25) is 0 Å². The first-order valence-corrected chi connectivity index (χ1v) is 9.99. The molecular formula is C20H34O5. The van der Waals surface area contributed by atoms with Crippen LogP contribution in [0, 0.1) is 0 Å². The molecule has 2 rings (SSSR count). The minimum absolute atomic E-state index is 0.00275. The van der Waals surface area contributed by atoms with Crippen molar-refractivity contribution in [1.82, 2.24) is 0 Å². The number of unbranched alkanes of at least 4 members (excludes halogenated alkanes) is 2. The zero-order valence-electron chi connectivity index (χ0n) is 15.5. The quantitative estimate of drug-likeness (QED) is 0.299. The predicted octanol–water partition coefficient (Wildman–Crippen LogP) is 4.15. The highest BCUT2D eigenvalue weighted by molar-refractivity contribution is 5.72. The predicted molar refractivity (Wildman–Crippen MR) is 96.3 cm³/mol. The highest BCUT2D eigenvalue weighted by atomic mass is 16.7. The van der Waals surface area contributed by atoms with E-state index < -0.39 is 0 Å². The summed E-state index contributed by atoms with van der Waals surface area (Å²) in [6.07, 6.45) is 14.3. The molecule has 2 aliphatic heterocycles. The van der Waals surface area contributed by atoms with Crippen molar-refractivity contribution in [2.75, 3.05) is 26.4 Å². The molecule has 5 nitrogen and oxygen atoms in total. The Balaban J connectivity index is 1.45. The molecule has 2 atom stereocenters. The van der Waals surface area contributed by atoms with Gasteiger partial charge in [0.15, 0.2) is 12.6 Å². The van der Waals surface area contributed by atoms with Gasteiger partial charge in [0.2, 0.25) is 0 Å². The lowest BCUT2D eigenvalue weighted by atomic mass is 10.1. The fraction of sp³-hybridized carbons (Fsp3) is 0.850. The zero-order chi connectivity index (χ0) is 17.6. The Kier molecular flexibility index (Phi) is 11.1. The molecule has 0 bridgehead atoms. The number of hydrogen-bond donors (Lipinski definition) is 0. The van der Waals surface area contributed by atoms with Gasteiger partial charge in [-0.3, -0.25) is 4.79 Å². The largest absolute Gasteiger partial charge is 0.353 e. The van der Waals surface area contributed by atoms with Crippen molar-refractivity contribution in [3.63, 3.8) is 0 Å². The van der Waals surface area contributed by atoms with Gasteiger partial charge in [0.25, 0.3) is 0 Å². The van der Waals surface area contributed by atoms with E-state index in [9.17, 15) is 4.79 Å². The third kappa shape index (κ3) is 9.50. The number of aldehydes is 1. The summed E-state index contributed by atoms with van der Waals surface area (Å²) in [5.74, 6) is 0. The van der Waals surface area contributed by atoms with Crippen LogP contribution in [-0.4, -0.2) is 45.3 Å². The van der Waals surface area contributed by atoms with Crippen LogP contribution < -0.4 is 0 Å². The maximum absolute atomic E-state index is 11.2. The Morgan fingerprint density at radius 2 is 1.52 bits per heavy atom. The maximum Gasteiger partial charge on any atom is 0.157 e. The van der Waals surface area contributed by atoms with E-state index in [1.165, 1.54) is 12.8 Å². The molecule has 144 valence electrons. The first-order valence-electron chi connectivity index (χ1n) is 9.99. The van der Waals surface area contributed by atoms with E-state index in [0.29, 0.717) is 6.61 Å². The molecule has 0 radical (unpaired) electrons. The molecule has 0 saturated carbocycles. The molecular weight excluding hydrogens is 320 g/mol. The van der Waals surface area contributed by atoms with Gasteiger partial charge in [-0.2, -0.15) is 0 Å². The van der Waals surface area contributed by atoms with Crippen molar-refractivity contribution < 1.29 is 23.7 Å². The van der Waals surface area contributed by atoms with E-state index >= 15 is 0 Å². The first kappa shape index (κ1) is 20.6. The van der Waals surface area contributed by atoms with Gasteiger partial charge in [-0.15, -0.1) is 0 Å². The molecule has 2 saturated heterocycles. The highest BCUT2D eigenvalue weighted by Crippen LogP contribution is 2.16. The van der Waals surface area contributed by atoms with Crippen molar-refractivity contribution in [3.05, 3.63) is 11.6 Å². The molecule has 0 aromatic carbocycles. The smallest absolute Gasteiger partial charge is 0.157 e. The Labute approximate surface area is 152 Å². The van der Waals surface area contributed by atoms with Crippen LogP contribution in [-0.2, 0) is 23.7 Å². The summed E-state index contributed by atoms with van der Waals surface area (Å²) < 4.78 is 22.5. The molecule has 2 unspecified atom stereocenters. The van der Waals surface area contributed by atoms with Crippen molar-refractivity contribution in [2.24, 2.45) is 0 Å². The SMILES string of the molecule is O=C/C(=C\CCCCOC1CCCCO1)CCCOC1CCCCO1. The molecule has 2 heterocycles. The lowest BCUT2D eigenvalue weighted by Gasteiger charge is -2.22. The average Bonchev–Trinajstić information content (AvgIpc) is 2.67. The molecule has 0 spiro atoms.